The molecule has 3 aromatic heterocycles. The van der Waals surface area contributed by atoms with Crippen molar-refractivity contribution in [1.29, 1.82) is 0 Å². The van der Waals surface area contributed by atoms with Crippen LogP contribution in [0.4, 0.5) is 0 Å². The number of carbonyl (C=O) groups is 1. The summed E-state index contributed by atoms with van der Waals surface area (Å²) in [7, 11) is 0. The summed E-state index contributed by atoms with van der Waals surface area (Å²) < 4.78 is 5.53. The predicted molar refractivity (Wildman–Crippen MR) is 104 cm³/mol. The maximum atomic E-state index is 12.9. The van der Waals surface area contributed by atoms with Crippen molar-refractivity contribution in [3.63, 3.8) is 0 Å². The lowest BCUT2D eigenvalue weighted by atomic mass is 10.0. The molecule has 134 valence electrons. The molecule has 0 aliphatic rings. The van der Waals surface area contributed by atoms with E-state index < -0.39 is 0 Å². The maximum Gasteiger partial charge on any atom is 0.252 e. The van der Waals surface area contributed by atoms with Gasteiger partial charge in [-0.05, 0) is 44.2 Å². The highest BCUT2D eigenvalue weighted by Crippen LogP contribution is 2.24. The van der Waals surface area contributed by atoms with Crippen LogP contribution < -0.4 is 5.32 Å². The predicted octanol–water partition coefficient (Wildman–Crippen LogP) is 4.44. The van der Waals surface area contributed by atoms with Crippen LogP contribution >= 0.6 is 0 Å². The first-order valence-corrected chi connectivity index (χ1v) is 8.76. The molecule has 0 aliphatic heterocycles. The van der Waals surface area contributed by atoms with E-state index in [9.17, 15) is 4.79 Å². The average molecular weight is 357 g/mol. The van der Waals surface area contributed by atoms with E-state index in [1.807, 2.05) is 62.4 Å². The van der Waals surface area contributed by atoms with Crippen molar-refractivity contribution in [2.24, 2.45) is 0 Å². The molecule has 0 saturated heterocycles. The van der Waals surface area contributed by atoms with E-state index >= 15 is 0 Å². The van der Waals surface area contributed by atoms with Gasteiger partial charge in [0, 0.05) is 35.5 Å². The Hall–Kier alpha value is -3.47. The highest BCUT2D eigenvalue weighted by atomic mass is 16.3. The summed E-state index contributed by atoms with van der Waals surface area (Å²) in [5, 5.41) is 3.82. The number of para-hydroxylation sites is 1. The number of hydrogen-bond acceptors (Lipinski definition) is 4. The fraction of sp³-hybridized carbons (Fsp3) is 0.136. The van der Waals surface area contributed by atoms with Gasteiger partial charge in [0.1, 0.15) is 11.5 Å². The molecular formula is C22H19N3O2. The number of aromatic nitrogens is 2. The van der Waals surface area contributed by atoms with Gasteiger partial charge in [-0.3, -0.25) is 9.78 Å². The lowest BCUT2D eigenvalue weighted by Gasteiger charge is -2.10. The molecule has 0 radical (unpaired) electrons. The molecule has 5 nitrogen and oxygen atoms in total. The minimum absolute atomic E-state index is 0.142. The Labute approximate surface area is 157 Å². The van der Waals surface area contributed by atoms with Crippen molar-refractivity contribution < 1.29 is 9.21 Å². The first kappa shape index (κ1) is 17.0. The third-order valence-corrected chi connectivity index (χ3v) is 4.50. The van der Waals surface area contributed by atoms with Crippen molar-refractivity contribution in [2.75, 3.05) is 0 Å². The van der Waals surface area contributed by atoms with Crippen LogP contribution in [-0.4, -0.2) is 15.9 Å². The minimum Gasteiger partial charge on any atom is -0.466 e. The van der Waals surface area contributed by atoms with Gasteiger partial charge in [0.05, 0.1) is 16.8 Å². The molecule has 0 unspecified atom stereocenters. The molecule has 0 fully saturated rings. The van der Waals surface area contributed by atoms with Crippen LogP contribution in [0.3, 0.4) is 0 Å². The molecule has 3 heterocycles. The zero-order chi connectivity index (χ0) is 18.8. The summed E-state index contributed by atoms with van der Waals surface area (Å²) in [6.45, 7) is 4.21. The quantitative estimate of drug-likeness (QED) is 0.586. The highest BCUT2D eigenvalue weighted by molar-refractivity contribution is 6.07. The van der Waals surface area contributed by atoms with Gasteiger partial charge in [0.25, 0.3) is 5.91 Å². The van der Waals surface area contributed by atoms with Crippen molar-refractivity contribution in [3.8, 4) is 11.3 Å². The molecule has 1 amide bonds. The lowest BCUT2D eigenvalue weighted by Crippen LogP contribution is -2.23. The van der Waals surface area contributed by atoms with Gasteiger partial charge in [-0.25, -0.2) is 4.98 Å². The summed E-state index contributed by atoms with van der Waals surface area (Å²) in [4.78, 5) is 21.8. The van der Waals surface area contributed by atoms with Crippen LogP contribution in [0.1, 0.15) is 27.4 Å². The lowest BCUT2D eigenvalue weighted by molar-refractivity contribution is 0.0952. The zero-order valence-electron chi connectivity index (χ0n) is 15.2. The van der Waals surface area contributed by atoms with Crippen LogP contribution in [-0.2, 0) is 6.54 Å². The first-order chi connectivity index (χ1) is 13.1. The number of hydrogen-bond donors (Lipinski definition) is 1. The van der Waals surface area contributed by atoms with Crippen LogP contribution in [0.25, 0.3) is 22.2 Å². The highest BCUT2D eigenvalue weighted by Gasteiger charge is 2.15. The molecule has 0 bridgehead atoms. The Balaban J connectivity index is 1.71. The molecule has 0 atom stereocenters. The molecule has 0 saturated carbocycles. The van der Waals surface area contributed by atoms with Crippen molar-refractivity contribution >= 4 is 16.8 Å². The molecule has 4 rings (SSSR count). The summed E-state index contributed by atoms with van der Waals surface area (Å²) in [6, 6.07) is 15.2. The van der Waals surface area contributed by atoms with E-state index in [1.165, 1.54) is 0 Å². The van der Waals surface area contributed by atoms with Crippen LogP contribution in [0, 0.1) is 13.8 Å². The van der Waals surface area contributed by atoms with Gasteiger partial charge in [-0.1, -0.05) is 18.2 Å². The summed E-state index contributed by atoms with van der Waals surface area (Å²) in [6.07, 6.45) is 3.46. The minimum atomic E-state index is -0.142. The SMILES string of the molecule is Cc1cc(CNC(=O)c2cc(-c3cccnc3)nc3ccccc23)c(C)o1. The summed E-state index contributed by atoms with van der Waals surface area (Å²) >= 11 is 0. The molecule has 0 spiro atoms. The second kappa shape index (κ2) is 7.03. The van der Waals surface area contributed by atoms with Crippen molar-refractivity contribution in [1.82, 2.24) is 15.3 Å². The summed E-state index contributed by atoms with van der Waals surface area (Å²) in [5.41, 5.74) is 3.95. The van der Waals surface area contributed by atoms with Crippen LogP contribution in [0.5, 0.6) is 0 Å². The monoisotopic (exact) mass is 357 g/mol. The Morgan fingerprint density at radius 2 is 1.96 bits per heavy atom. The second-order valence-corrected chi connectivity index (χ2v) is 6.44. The van der Waals surface area contributed by atoms with Crippen LogP contribution in [0.2, 0.25) is 0 Å². The maximum absolute atomic E-state index is 12.9. The number of rotatable bonds is 4. The molecule has 27 heavy (non-hydrogen) atoms. The average Bonchev–Trinajstić information content (AvgIpc) is 3.03. The standard InChI is InChI=1S/C22H19N3O2/c1-14-10-17(15(2)27-14)13-24-22(26)19-11-21(16-6-5-9-23-12-16)25-20-8-4-3-7-18(19)20/h3-12H,13H2,1-2H3,(H,24,26). The van der Waals surface area contributed by atoms with E-state index in [2.05, 4.69) is 15.3 Å². The Kier molecular flexibility index (Phi) is 4.42. The summed E-state index contributed by atoms with van der Waals surface area (Å²) in [5.74, 6) is 1.52. The van der Waals surface area contributed by atoms with Gasteiger partial charge in [0.2, 0.25) is 0 Å². The normalized spacial score (nSPS) is 10.9. The number of nitrogens with zero attached hydrogens (tertiary/aromatic N) is 2. The smallest absolute Gasteiger partial charge is 0.252 e. The number of nitrogens with one attached hydrogen (secondary N) is 1. The van der Waals surface area contributed by atoms with Gasteiger partial charge >= 0.3 is 0 Å². The van der Waals surface area contributed by atoms with Crippen LogP contribution in [0.15, 0.2) is 65.3 Å². The fourth-order valence-corrected chi connectivity index (χ4v) is 3.16. The number of carbonyl (C=O) groups excluding carboxylic acids is 1. The van der Waals surface area contributed by atoms with Gasteiger partial charge in [0.15, 0.2) is 0 Å². The Bertz CT molecular complexity index is 1120. The van der Waals surface area contributed by atoms with Gasteiger partial charge in [-0.15, -0.1) is 0 Å². The molecule has 0 aliphatic carbocycles. The van der Waals surface area contributed by atoms with Gasteiger partial charge in [-0.2, -0.15) is 0 Å². The third-order valence-electron chi connectivity index (χ3n) is 4.50. The number of furan rings is 1. The Morgan fingerprint density at radius 3 is 2.70 bits per heavy atom. The van der Waals surface area contributed by atoms with Crippen molar-refractivity contribution in [3.05, 3.63) is 83.6 Å². The fourth-order valence-electron chi connectivity index (χ4n) is 3.16. The van der Waals surface area contributed by atoms with E-state index in [0.717, 1.165) is 39.2 Å². The number of amides is 1. The largest absolute Gasteiger partial charge is 0.466 e. The topological polar surface area (TPSA) is 68.0 Å². The number of benzene rings is 1. The molecule has 4 aromatic rings. The van der Waals surface area contributed by atoms with E-state index in [-0.39, 0.29) is 5.91 Å². The van der Waals surface area contributed by atoms with E-state index in [1.54, 1.807) is 12.4 Å². The third kappa shape index (κ3) is 3.44. The van der Waals surface area contributed by atoms with Crippen molar-refractivity contribution in [2.45, 2.75) is 20.4 Å². The number of pyridine rings is 2. The molecule has 5 heteroatoms. The van der Waals surface area contributed by atoms with Gasteiger partial charge < -0.3 is 9.73 Å². The number of fused-ring (bicyclic) bond motifs is 1. The first-order valence-electron chi connectivity index (χ1n) is 8.76. The van der Waals surface area contributed by atoms with E-state index in [0.29, 0.717) is 12.1 Å². The number of aryl methyl sites for hydroxylation is 2. The second-order valence-electron chi connectivity index (χ2n) is 6.44. The zero-order valence-corrected chi connectivity index (χ0v) is 15.2. The van der Waals surface area contributed by atoms with E-state index in [4.69, 9.17) is 4.42 Å². The molecular weight excluding hydrogens is 338 g/mol. The Morgan fingerprint density at radius 1 is 1.11 bits per heavy atom. The molecule has 1 N–H and O–H groups in total. The molecule has 1 aromatic carbocycles.